The Morgan fingerprint density at radius 2 is 1.74 bits per heavy atom. The van der Waals surface area contributed by atoms with Gasteiger partial charge in [-0.2, -0.15) is 0 Å². The summed E-state index contributed by atoms with van der Waals surface area (Å²) < 4.78 is 7.37. The summed E-state index contributed by atoms with van der Waals surface area (Å²) in [7, 11) is 0. The third-order valence-electron chi connectivity index (χ3n) is 3.83. The van der Waals surface area contributed by atoms with Crippen LogP contribution in [0.4, 0.5) is 5.69 Å². The van der Waals surface area contributed by atoms with Crippen LogP contribution < -0.4 is 10.1 Å². The zero-order valence-corrected chi connectivity index (χ0v) is 14.2. The molecule has 1 amide bonds. The lowest BCUT2D eigenvalue weighted by Crippen LogP contribution is -2.13. The number of carbonyl (C=O) groups is 1. The van der Waals surface area contributed by atoms with E-state index in [1.54, 1.807) is 30.3 Å². The monoisotopic (exact) mass is 357 g/mol. The van der Waals surface area contributed by atoms with Gasteiger partial charge in [0.1, 0.15) is 12.1 Å². The van der Waals surface area contributed by atoms with Gasteiger partial charge in [0.2, 0.25) is 0 Å². The van der Waals surface area contributed by atoms with Gasteiger partial charge in [0.25, 0.3) is 5.91 Å². The molecule has 1 N–H and O–H groups in total. The normalized spacial score (nSPS) is 10.4. The molecule has 4 rings (SSSR count). The van der Waals surface area contributed by atoms with Crippen molar-refractivity contribution in [2.45, 2.75) is 0 Å². The first-order valence-corrected chi connectivity index (χ1v) is 8.26. The number of aromatic nitrogens is 4. The van der Waals surface area contributed by atoms with Crippen molar-refractivity contribution >= 4 is 11.6 Å². The van der Waals surface area contributed by atoms with Crippen molar-refractivity contribution < 1.29 is 9.53 Å². The van der Waals surface area contributed by atoms with Crippen LogP contribution in [0.25, 0.3) is 5.69 Å². The van der Waals surface area contributed by atoms with Gasteiger partial charge >= 0.3 is 0 Å². The van der Waals surface area contributed by atoms with Crippen LogP contribution in [0, 0.1) is 0 Å². The number of amides is 1. The van der Waals surface area contributed by atoms with Gasteiger partial charge in [-0.1, -0.05) is 36.4 Å². The summed E-state index contributed by atoms with van der Waals surface area (Å²) in [6.07, 6.45) is 1.47. The summed E-state index contributed by atoms with van der Waals surface area (Å²) in [5.74, 6) is 1.00. The van der Waals surface area contributed by atoms with E-state index in [4.69, 9.17) is 4.74 Å². The summed E-state index contributed by atoms with van der Waals surface area (Å²) in [5, 5.41) is 13.9. The first-order chi connectivity index (χ1) is 13.3. The molecule has 7 heteroatoms. The lowest BCUT2D eigenvalue weighted by atomic mass is 10.2. The van der Waals surface area contributed by atoms with Crippen LogP contribution in [-0.4, -0.2) is 26.1 Å². The van der Waals surface area contributed by atoms with Crippen LogP contribution >= 0.6 is 0 Å². The summed E-state index contributed by atoms with van der Waals surface area (Å²) in [6.45, 7) is 0. The number of para-hydroxylation sites is 3. The standard InChI is InChI=1S/C20H15N5O2/c26-20(15-7-6-8-16(13-15)25-14-21-23-24-25)22-18-11-4-5-12-19(18)27-17-9-2-1-3-10-17/h1-14H,(H,22,26). The highest BCUT2D eigenvalue weighted by Gasteiger charge is 2.11. The average Bonchev–Trinajstić information content (AvgIpc) is 3.25. The van der Waals surface area contributed by atoms with Crippen molar-refractivity contribution in [2.75, 3.05) is 5.32 Å². The van der Waals surface area contributed by atoms with Gasteiger partial charge in [0.15, 0.2) is 5.75 Å². The van der Waals surface area contributed by atoms with Crippen molar-refractivity contribution in [3.05, 3.63) is 90.8 Å². The van der Waals surface area contributed by atoms with Crippen LogP contribution in [-0.2, 0) is 0 Å². The minimum atomic E-state index is -0.256. The fraction of sp³-hybridized carbons (Fsp3) is 0. The molecule has 1 aromatic heterocycles. The number of hydrogen-bond donors (Lipinski definition) is 1. The highest BCUT2D eigenvalue weighted by Crippen LogP contribution is 2.29. The summed E-state index contributed by atoms with van der Waals surface area (Å²) in [5.41, 5.74) is 1.76. The molecule has 4 aromatic rings. The smallest absolute Gasteiger partial charge is 0.255 e. The van der Waals surface area contributed by atoms with E-state index < -0.39 is 0 Å². The summed E-state index contributed by atoms with van der Waals surface area (Å²) in [4.78, 5) is 12.7. The highest BCUT2D eigenvalue weighted by molar-refractivity contribution is 6.05. The number of nitrogens with one attached hydrogen (secondary N) is 1. The Labute approximate surface area is 155 Å². The minimum Gasteiger partial charge on any atom is -0.455 e. The molecule has 0 atom stereocenters. The number of rotatable bonds is 5. The number of anilines is 1. The lowest BCUT2D eigenvalue weighted by Gasteiger charge is -2.12. The average molecular weight is 357 g/mol. The predicted octanol–water partition coefficient (Wildman–Crippen LogP) is 3.71. The molecule has 0 fully saturated rings. The molecular formula is C20H15N5O2. The zero-order chi connectivity index (χ0) is 18.5. The second kappa shape index (κ2) is 7.49. The topological polar surface area (TPSA) is 81.9 Å². The predicted molar refractivity (Wildman–Crippen MR) is 100 cm³/mol. The molecule has 0 aliphatic rings. The fourth-order valence-electron chi connectivity index (χ4n) is 2.54. The maximum atomic E-state index is 12.7. The largest absolute Gasteiger partial charge is 0.455 e. The Bertz CT molecular complexity index is 1050. The van der Waals surface area contributed by atoms with Crippen molar-refractivity contribution in [1.82, 2.24) is 20.2 Å². The van der Waals surface area contributed by atoms with E-state index in [0.717, 1.165) is 0 Å². The van der Waals surface area contributed by atoms with Gasteiger partial charge in [-0.05, 0) is 52.9 Å². The Kier molecular flexibility index (Phi) is 4.57. The molecule has 7 nitrogen and oxygen atoms in total. The lowest BCUT2D eigenvalue weighted by molar-refractivity contribution is 0.102. The SMILES string of the molecule is O=C(Nc1ccccc1Oc1ccccc1)c1cccc(-n2cnnn2)c1. The molecule has 0 unspecified atom stereocenters. The van der Waals surface area contributed by atoms with E-state index in [2.05, 4.69) is 20.8 Å². The van der Waals surface area contributed by atoms with E-state index >= 15 is 0 Å². The molecule has 0 aliphatic heterocycles. The number of hydrogen-bond acceptors (Lipinski definition) is 5. The Hall–Kier alpha value is -4.00. The fourth-order valence-corrected chi connectivity index (χ4v) is 2.54. The molecule has 0 spiro atoms. The molecular weight excluding hydrogens is 342 g/mol. The molecule has 0 saturated carbocycles. The first-order valence-electron chi connectivity index (χ1n) is 8.26. The minimum absolute atomic E-state index is 0.256. The van der Waals surface area contributed by atoms with Crippen molar-refractivity contribution in [1.29, 1.82) is 0 Å². The van der Waals surface area contributed by atoms with E-state index in [9.17, 15) is 4.79 Å². The molecule has 0 radical (unpaired) electrons. The number of tetrazole rings is 1. The van der Waals surface area contributed by atoms with Crippen LogP contribution in [0.1, 0.15) is 10.4 Å². The molecule has 0 saturated heterocycles. The third-order valence-corrected chi connectivity index (χ3v) is 3.83. The second-order valence-electron chi connectivity index (χ2n) is 5.67. The van der Waals surface area contributed by atoms with Crippen molar-refractivity contribution in [2.24, 2.45) is 0 Å². The maximum Gasteiger partial charge on any atom is 0.255 e. The Balaban J connectivity index is 1.56. The molecule has 27 heavy (non-hydrogen) atoms. The second-order valence-corrected chi connectivity index (χ2v) is 5.67. The van der Waals surface area contributed by atoms with Gasteiger partial charge in [-0.3, -0.25) is 4.79 Å². The van der Waals surface area contributed by atoms with E-state index in [1.165, 1.54) is 11.0 Å². The van der Waals surface area contributed by atoms with E-state index in [-0.39, 0.29) is 5.91 Å². The molecule has 132 valence electrons. The molecule has 1 heterocycles. The molecule has 0 aliphatic carbocycles. The Morgan fingerprint density at radius 3 is 2.56 bits per heavy atom. The number of ether oxygens (including phenoxy) is 1. The highest BCUT2D eigenvalue weighted by atomic mass is 16.5. The van der Waals surface area contributed by atoms with Crippen LogP contribution in [0.3, 0.4) is 0 Å². The molecule has 3 aromatic carbocycles. The van der Waals surface area contributed by atoms with Gasteiger partial charge in [-0.25, -0.2) is 4.68 Å². The number of carbonyl (C=O) groups excluding carboxylic acids is 1. The summed E-state index contributed by atoms with van der Waals surface area (Å²) >= 11 is 0. The van der Waals surface area contributed by atoms with E-state index in [1.807, 2.05) is 48.5 Å². The number of benzene rings is 3. The van der Waals surface area contributed by atoms with Crippen LogP contribution in [0.5, 0.6) is 11.5 Å². The number of nitrogens with zero attached hydrogens (tertiary/aromatic N) is 4. The molecule has 0 bridgehead atoms. The maximum absolute atomic E-state index is 12.7. The van der Waals surface area contributed by atoms with Crippen LogP contribution in [0.15, 0.2) is 85.2 Å². The van der Waals surface area contributed by atoms with E-state index in [0.29, 0.717) is 28.4 Å². The summed E-state index contributed by atoms with van der Waals surface area (Å²) in [6, 6.07) is 23.7. The Morgan fingerprint density at radius 1 is 0.926 bits per heavy atom. The van der Waals surface area contributed by atoms with Gasteiger partial charge in [-0.15, -0.1) is 5.10 Å². The third kappa shape index (κ3) is 3.82. The zero-order valence-electron chi connectivity index (χ0n) is 14.2. The van der Waals surface area contributed by atoms with Crippen LogP contribution in [0.2, 0.25) is 0 Å². The van der Waals surface area contributed by atoms with Gasteiger partial charge < -0.3 is 10.1 Å². The van der Waals surface area contributed by atoms with Crippen molar-refractivity contribution in [3.63, 3.8) is 0 Å². The van der Waals surface area contributed by atoms with Crippen molar-refractivity contribution in [3.8, 4) is 17.2 Å². The van der Waals surface area contributed by atoms with Gasteiger partial charge in [0, 0.05) is 5.56 Å². The quantitative estimate of drug-likeness (QED) is 0.589. The first kappa shape index (κ1) is 16.5. The van der Waals surface area contributed by atoms with Gasteiger partial charge in [0.05, 0.1) is 11.4 Å².